The molecule has 3 N–H and O–H groups in total. The van der Waals surface area contributed by atoms with Gasteiger partial charge in [-0.3, -0.25) is 0 Å². The van der Waals surface area contributed by atoms with Crippen molar-refractivity contribution in [1.29, 1.82) is 0 Å². The van der Waals surface area contributed by atoms with Gasteiger partial charge in [0.15, 0.2) is 0 Å². The first-order valence-corrected chi connectivity index (χ1v) is 5.07. The van der Waals surface area contributed by atoms with E-state index >= 15 is 0 Å². The molecule has 0 bridgehead atoms. The second kappa shape index (κ2) is 6.40. The average molecular weight is 281 g/mol. The van der Waals surface area contributed by atoms with Gasteiger partial charge in [-0.15, -0.1) is 12.4 Å². The maximum Gasteiger partial charge on any atom is 0.0449 e. The van der Waals surface area contributed by atoms with Gasteiger partial charge < -0.3 is 10.8 Å². The fraction of sp³-hybridized carbons (Fsp3) is 0.400. The van der Waals surface area contributed by atoms with Crippen molar-refractivity contribution in [3.8, 4) is 0 Å². The third kappa shape index (κ3) is 3.58. The van der Waals surface area contributed by atoms with Gasteiger partial charge in [-0.1, -0.05) is 28.1 Å². The summed E-state index contributed by atoms with van der Waals surface area (Å²) in [6.45, 7) is 2.16. The minimum atomic E-state index is -0.0834. The van der Waals surface area contributed by atoms with Crippen molar-refractivity contribution in [3.63, 3.8) is 0 Å². The SMILES string of the molecule is Cc1ccc([C@H](N)CCO)c(Br)c1.Cl. The van der Waals surface area contributed by atoms with Gasteiger partial charge in [-0.2, -0.15) is 0 Å². The smallest absolute Gasteiger partial charge is 0.0449 e. The number of aliphatic hydroxyl groups excluding tert-OH is 1. The van der Waals surface area contributed by atoms with Crippen LogP contribution in [0.15, 0.2) is 22.7 Å². The lowest BCUT2D eigenvalue weighted by Gasteiger charge is -2.12. The first kappa shape index (κ1) is 13.9. The molecule has 0 aromatic heterocycles. The summed E-state index contributed by atoms with van der Waals surface area (Å²) in [6.07, 6.45) is 0.599. The summed E-state index contributed by atoms with van der Waals surface area (Å²) >= 11 is 3.46. The maximum atomic E-state index is 8.75. The number of aryl methyl sites for hydroxylation is 1. The van der Waals surface area contributed by atoms with E-state index in [1.807, 2.05) is 25.1 Å². The number of benzene rings is 1. The van der Waals surface area contributed by atoms with Crippen LogP contribution in [0.4, 0.5) is 0 Å². The molecular weight excluding hydrogens is 265 g/mol. The Balaban J connectivity index is 0.00000169. The van der Waals surface area contributed by atoms with Crippen LogP contribution in [0.2, 0.25) is 0 Å². The Morgan fingerprint density at radius 2 is 2.14 bits per heavy atom. The Labute approximate surface area is 99.0 Å². The Morgan fingerprint density at radius 1 is 1.50 bits per heavy atom. The molecule has 2 nitrogen and oxygen atoms in total. The van der Waals surface area contributed by atoms with E-state index < -0.39 is 0 Å². The fourth-order valence-corrected chi connectivity index (χ4v) is 2.01. The molecule has 0 aliphatic rings. The Morgan fingerprint density at radius 3 is 2.64 bits per heavy atom. The highest BCUT2D eigenvalue weighted by atomic mass is 79.9. The van der Waals surface area contributed by atoms with Crippen LogP contribution in [-0.2, 0) is 0 Å². The quantitative estimate of drug-likeness (QED) is 0.894. The summed E-state index contributed by atoms with van der Waals surface area (Å²) in [5.41, 5.74) is 8.12. The highest BCUT2D eigenvalue weighted by Gasteiger charge is 2.08. The lowest BCUT2D eigenvalue weighted by Crippen LogP contribution is -2.12. The second-order valence-electron chi connectivity index (χ2n) is 3.14. The van der Waals surface area contributed by atoms with Gasteiger partial charge in [0.1, 0.15) is 0 Å². The minimum Gasteiger partial charge on any atom is -0.396 e. The molecule has 4 heteroatoms. The first-order valence-electron chi connectivity index (χ1n) is 4.27. The summed E-state index contributed by atoms with van der Waals surface area (Å²) in [4.78, 5) is 0. The molecule has 0 heterocycles. The van der Waals surface area contributed by atoms with Crippen molar-refractivity contribution in [2.45, 2.75) is 19.4 Å². The topological polar surface area (TPSA) is 46.2 Å². The van der Waals surface area contributed by atoms with Crippen molar-refractivity contribution in [2.24, 2.45) is 5.73 Å². The number of nitrogens with two attached hydrogens (primary N) is 1. The summed E-state index contributed by atoms with van der Waals surface area (Å²) < 4.78 is 1.02. The van der Waals surface area contributed by atoms with Crippen molar-refractivity contribution in [3.05, 3.63) is 33.8 Å². The van der Waals surface area contributed by atoms with Crippen LogP contribution in [0.1, 0.15) is 23.6 Å². The molecule has 1 rings (SSSR count). The van der Waals surface area contributed by atoms with E-state index in [4.69, 9.17) is 10.8 Å². The summed E-state index contributed by atoms with van der Waals surface area (Å²) in [5.74, 6) is 0. The van der Waals surface area contributed by atoms with Crippen LogP contribution in [-0.4, -0.2) is 11.7 Å². The highest BCUT2D eigenvalue weighted by molar-refractivity contribution is 9.10. The maximum absolute atomic E-state index is 8.75. The van der Waals surface area contributed by atoms with Crippen molar-refractivity contribution >= 4 is 28.3 Å². The van der Waals surface area contributed by atoms with Crippen molar-refractivity contribution in [2.75, 3.05) is 6.61 Å². The first-order chi connectivity index (χ1) is 6.15. The molecule has 1 atom stereocenters. The summed E-state index contributed by atoms with van der Waals surface area (Å²) in [6, 6.07) is 5.98. The van der Waals surface area contributed by atoms with Gasteiger partial charge >= 0.3 is 0 Å². The molecule has 1 aromatic carbocycles. The molecule has 0 spiro atoms. The molecule has 0 amide bonds. The fourth-order valence-electron chi connectivity index (χ4n) is 1.23. The van der Waals surface area contributed by atoms with Crippen LogP contribution < -0.4 is 5.73 Å². The number of hydrogen-bond donors (Lipinski definition) is 2. The molecule has 0 saturated heterocycles. The molecule has 80 valence electrons. The van der Waals surface area contributed by atoms with Crippen LogP contribution in [0.5, 0.6) is 0 Å². The van der Waals surface area contributed by atoms with Gasteiger partial charge in [0.05, 0.1) is 0 Å². The van der Waals surface area contributed by atoms with Crippen LogP contribution in [0.3, 0.4) is 0 Å². The average Bonchev–Trinajstić information content (AvgIpc) is 2.04. The Bertz CT molecular complexity index is 293. The summed E-state index contributed by atoms with van der Waals surface area (Å²) in [7, 11) is 0. The van der Waals surface area contributed by atoms with Gasteiger partial charge in [-0.05, 0) is 30.5 Å². The van der Waals surface area contributed by atoms with Gasteiger partial charge in [0, 0.05) is 17.1 Å². The molecule has 0 fully saturated rings. The Hall–Kier alpha value is -0.0900. The molecule has 0 aliphatic carbocycles. The summed E-state index contributed by atoms with van der Waals surface area (Å²) in [5, 5.41) is 8.75. The molecule has 0 unspecified atom stereocenters. The highest BCUT2D eigenvalue weighted by Crippen LogP contribution is 2.24. The zero-order chi connectivity index (χ0) is 9.84. The minimum absolute atomic E-state index is 0. The lowest BCUT2D eigenvalue weighted by atomic mass is 10.0. The molecule has 14 heavy (non-hydrogen) atoms. The monoisotopic (exact) mass is 279 g/mol. The second-order valence-corrected chi connectivity index (χ2v) is 4.00. The largest absolute Gasteiger partial charge is 0.396 e. The number of hydrogen-bond acceptors (Lipinski definition) is 2. The van der Waals surface area contributed by atoms with Crippen LogP contribution in [0.25, 0.3) is 0 Å². The number of aliphatic hydroxyl groups is 1. The number of rotatable bonds is 3. The van der Waals surface area contributed by atoms with E-state index in [0.29, 0.717) is 6.42 Å². The van der Waals surface area contributed by atoms with E-state index in [1.165, 1.54) is 5.56 Å². The number of halogens is 2. The van der Waals surface area contributed by atoms with Gasteiger partial charge in [0.2, 0.25) is 0 Å². The van der Waals surface area contributed by atoms with E-state index in [0.717, 1.165) is 10.0 Å². The van der Waals surface area contributed by atoms with Gasteiger partial charge in [-0.25, -0.2) is 0 Å². The molecule has 0 radical (unpaired) electrons. The molecule has 0 aliphatic heterocycles. The van der Waals surface area contributed by atoms with E-state index in [2.05, 4.69) is 15.9 Å². The van der Waals surface area contributed by atoms with Gasteiger partial charge in [0.25, 0.3) is 0 Å². The van der Waals surface area contributed by atoms with Crippen LogP contribution >= 0.6 is 28.3 Å². The lowest BCUT2D eigenvalue weighted by molar-refractivity contribution is 0.276. The Kier molecular flexibility index (Phi) is 6.36. The predicted molar refractivity (Wildman–Crippen MR) is 64.8 cm³/mol. The third-order valence-electron chi connectivity index (χ3n) is 2.00. The molecular formula is C10H15BrClNO. The van der Waals surface area contributed by atoms with Crippen molar-refractivity contribution < 1.29 is 5.11 Å². The predicted octanol–water partition coefficient (Wildman–Crippen LogP) is 2.56. The zero-order valence-electron chi connectivity index (χ0n) is 8.03. The van der Waals surface area contributed by atoms with E-state index in [9.17, 15) is 0 Å². The van der Waals surface area contributed by atoms with Crippen LogP contribution in [0, 0.1) is 6.92 Å². The normalized spacial score (nSPS) is 12.0. The molecule has 0 saturated carbocycles. The van der Waals surface area contributed by atoms with Crippen molar-refractivity contribution in [1.82, 2.24) is 0 Å². The van der Waals surface area contributed by atoms with E-state index in [-0.39, 0.29) is 25.1 Å². The standard InChI is InChI=1S/C10H14BrNO.ClH/c1-7-2-3-8(9(11)6-7)10(12)4-5-13;/h2-3,6,10,13H,4-5,12H2,1H3;1H/t10-;/m1./s1. The third-order valence-corrected chi connectivity index (χ3v) is 2.68. The zero-order valence-corrected chi connectivity index (χ0v) is 10.4. The van der Waals surface area contributed by atoms with E-state index in [1.54, 1.807) is 0 Å². The molecule has 1 aromatic rings.